The highest BCUT2D eigenvalue weighted by atomic mass is 79.9. The summed E-state index contributed by atoms with van der Waals surface area (Å²) in [6, 6.07) is 8.00. The fourth-order valence-electron chi connectivity index (χ4n) is 1.34. The van der Waals surface area contributed by atoms with Gasteiger partial charge in [-0.05, 0) is 30.3 Å². The second kappa shape index (κ2) is 5.22. The summed E-state index contributed by atoms with van der Waals surface area (Å²) in [6.45, 7) is 0. The number of aromatic nitrogens is 1. The number of hydrogen-bond donors (Lipinski definition) is 1. The van der Waals surface area contributed by atoms with E-state index in [4.69, 9.17) is 0 Å². The number of anilines is 1. The average Bonchev–Trinajstić information content (AvgIpc) is 2.28. The number of nitrogens with one attached hydrogen (secondary N) is 1. The van der Waals surface area contributed by atoms with Gasteiger partial charge in [-0.1, -0.05) is 22.0 Å². The molecule has 18 heavy (non-hydrogen) atoms. The van der Waals surface area contributed by atoms with Gasteiger partial charge in [-0.2, -0.15) is 4.39 Å². The van der Waals surface area contributed by atoms with Gasteiger partial charge in [0.2, 0.25) is 5.95 Å². The lowest BCUT2D eigenvalue weighted by atomic mass is 10.2. The number of rotatable bonds is 2. The predicted molar refractivity (Wildman–Crippen MR) is 66.2 cm³/mol. The van der Waals surface area contributed by atoms with Crippen LogP contribution < -0.4 is 5.32 Å². The molecule has 0 unspecified atom stereocenters. The first-order chi connectivity index (χ1) is 8.56. The molecule has 0 fully saturated rings. The monoisotopic (exact) mass is 312 g/mol. The van der Waals surface area contributed by atoms with Gasteiger partial charge in [0.25, 0.3) is 5.91 Å². The van der Waals surface area contributed by atoms with E-state index in [-0.39, 0.29) is 11.4 Å². The van der Waals surface area contributed by atoms with E-state index in [9.17, 15) is 13.6 Å². The Balaban J connectivity index is 2.22. The Hall–Kier alpha value is -1.82. The minimum absolute atomic E-state index is 0.0299. The Bertz CT molecular complexity index is 604. The van der Waals surface area contributed by atoms with Crippen molar-refractivity contribution in [3.8, 4) is 0 Å². The first-order valence-corrected chi connectivity index (χ1v) is 5.74. The lowest BCUT2D eigenvalue weighted by Crippen LogP contribution is -2.14. The third kappa shape index (κ3) is 2.89. The van der Waals surface area contributed by atoms with E-state index in [2.05, 4.69) is 26.2 Å². The van der Waals surface area contributed by atoms with Gasteiger partial charge in [0, 0.05) is 4.47 Å². The third-order valence-electron chi connectivity index (χ3n) is 2.13. The summed E-state index contributed by atoms with van der Waals surface area (Å²) in [5, 5.41) is 2.31. The van der Waals surface area contributed by atoms with Crippen LogP contribution in [0.15, 0.2) is 40.9 Å². The van der Waals surface area contributed by atoms with E-state index in [0.29, 0.717) is 4.47 Å². The van der Waals surface area contributed by atoms with Crippen molar-refractivity contribution in [3.63, 3.8) is 0 Å². The molecular weight excluding hydrogens is 306 g/mol. The molecule has 1 N–H and O–H groups in total. The lowest BCUT2D eigenvalue weighted by Gasteiger charge is -2.05. The SMILES string of the molecule is O=C(Nc1cccc(F)n1)c1ccc(Br)cc1F. The zero-order valence-electron chi connectivity index (χ0n) is 8.95. The maximum atomic E-state index is 13.5. The van der Waals surface area contributed by atoms with Crippen molar-refractivity contribution in [1.29, 1.82) is 0 Å². The molecule has 1 aromatic carbocycles. The molecule has 0 saturated heterocycles. The molecular formula is C12H7BrF2N2O. The minimum Gasteiger partial charge on any atom is -0.306 e. The van der Waals surface area contributed by atoms with Gasteiger partial charge >= 0.3 is 0 Å². The highest BCUT2D eigenvalue weighted by Gasteiger charge is 2.12. The molecule has 92 valence electrons. The second-order valence-electron chi connectivity index (χ2n) is 3.42. The topological polar surface area (TPSA) is 42.0 Å². The van der Waals surface area contributed by atoms with Crippen molar-refractivity contribution >= 4 is 27.7 Å². The number of benzene rings is 1. The molecule has 0 radical (unpaired) electrons. The molecule has 1 heterocycles. The maximum Gasteiger partial charge on any atom is 0.259 e. The normalized spacial score (nSPS) is 10.2. The minimum atomic E-state index is -0.718. The Morgan fingerprint density at radius 1 is 1.22 bits per heavy atom. The van der Waals surface area contributed by atoms with E-state index in [1.54, 1.807) is 0 Å². The molecule has 0 bridgehead atoms. The van der Waals surface area contributed by atoms with E-state index < -0.39 is 17.7 Å². The summed E-state index contributed by atoms with van der Waals surface area (Å²) in [5.74, 6) is -2.04. The first-order valence-electron chi connectivity index (χ1n) is 4.95. The van der Waals surface area contributed by atoms with E-state index in [0.717, 1.165) is 6.07 Å². The Morgan fingerprint density at radius 2 is 2.00 bits per heavy atom. The highest BCUT2D eigenvalue weighted by Crippen LogP contribution is 2.16. The smallest absolute Gasteiger partial charge is 0.259 e. The van der Waals surface area contributed by atoms with Crippen LogP contribution in [0.4, 0.5) is 14.6 Å². The molecule has 0 aliphatic carbocycles. The summed E-state index contributed by atoms with van der Waals surface area (Å²) in [7, 11) is 0. The van der Waals surface area contributed by atoms with Crippen LogP contribution in [-0.2, 0) is 0 Å². The van der Waals surface area contributed by atoms with E-state index >= 15 is 0 Å². The molecule has 2 aromatic rings. The van der Waals surface area contributed by atoms with Gasteiger partial charge in [0.05, 0.1) is 5.56 Å². The van der Waals surface area contributed by atoms with Crippen LogP contribution in [0.1, 0.15) is 10.4 Å². The lowest BCUT2D eigenvalue weighted by molar-refractivity contribution is 0.102. The summed E-state index contributed by atoms with van der Waals surface area (Å²) in [5.41, 5.74) is -0.135. The van der Waals surface area contributed by atoms with Crippen LogP contribution >= 0.6 is 15.9 Å². The van der Waals surface area contributed by atoms with Crippen LogP contribution in [0.5, 0.6) is 0 Å². The van der Waals surface area contributed by atoms with Crippen LogP contribution in [0, 0.1) is 11.8 Å². The third-order valence-corrected chi connectivity index (χ3v) is 2.63. The van der Waals surface area contributed by atoms with Gasteiger partial charge in [0.1, 0.15) is 11.6 Å². The molecule has 0 aliphatic rings. The quantitative estimate of drug-likeness (QED) is 0.864. The number of carbonyl (C=O) groups is 1. The Labute approximate surface area is 110 Å². The van der Waals surface area contributed by atoms with Gasteiger partial charge in [-0.25, -0.2) is 9.37 Å². The zero-order valence-corrected chi connectivity index (χ0v) is 10.5. The molecule has 0 atom stereocenters. The summed E-state index contributed by atoms with van der Waals surface area (Å²) in [6.07, 6.45) is 0. The van der Waals surface area contributed by atoms with E-state index in [1.165, 1.54) is 30.3 Å². The largest absolute Gasteiger partial charge is 0.306 e. The van der Waals surface area contributed by atoms with Gasteiger partial charge < -0.3 is 5.32 Å². The number of amides is 1. The molecule has 1 amide bonds. The standard InChI is InChI=1S/C12H7BrF2N2O/c13-7-4-5-8(9(14)6-7)12(18)17-11-3-1-2-10(15)16-11/h1-6H,(H,16,17,18). The van der Waals surface area contributed by atoms with Crippen molar-refractivity contribution < 1.29 is 13.6 Å². The Kier molecular flexibility index (Phi) is 3.66. The van der Waals surface area contributed by atoms with Crippen molar-refractivity contribution in [3.05, 3.63) is 58.2 Å². The second-order valence-corrected chi connectivity index (χ2v) is 4.34. The van der Waals surface area contributed by atoms with Crippen molar-refractivity contribution in [1.82, 2.24) is 4.98 Å². The number of carbonyl (C=O) groups excluding carboxylic acids is 1. The molecule has 6 heteroatoms. The zero-order chi connectivity index (χ0) is 13.1. The first kappa shape index (κ1) is 12.6. The van der Waals surface area contributed by atoms with Crippen molar-refractivity contribution in [2.24, 2.45) is 0 Å². The van der Waals surface area contributed by atoms with Crippen LogP contribution in [0.3, 0.4) is 0 Å². The molecule has 0 aliphatic heterocycles. The van der Waals surface area contributed by atoms with Crippen LogP contribution in [-0.4, -0.2) is 10.9 Å². The number of halogens is 3. The van der Waals surface area contributed by atoms with Gasteiger partial charge in [0.15, 0.2) is 0 Å². The Morgan fingerprint density at radius 3 is 2.67 bits per heavy atom. The molecule has 3 nitrogen and oxygen atoms in total. The molecule has 2 rings (SSSR count). The maximum absolute atomic E-state index is 13.5. The number of hydrogen-bond acceptors (Lipinski definition) is 2. The number of pyridine rings is 1. The average molecular weight is 313 g/mol. The van der Waals surface area contributed by atoms with Crippen molar-refractivity contribution in [2.75, 3.05) is 5.32 Å². The number of nitrogens with zero attached hydrogens (tertiary/aromatic N) is 1. The fraction of sp³-hybridized carbons (Fsp3) is 0. The van der Waals surface area contributed by atoms with Crippen molar-refractivity contribution in [2.45, 2.75) is 0 Å². The summed E-state index contributed by atoms with van der Waals surface area (Å²) < 4.78 is 26.8. The molecule has 0 saturated carbocycles. The van der Waals surface area contributed by atoms with E-state index in [1.807, 2.05) is 0 Å². The van der Waals surface area contributed by atoms with Gasteiger partial charge in [-0.15, -0.1) is 0 Å². The summed E-state index contributed by atoms with van der Waals surface area (Å²) in [4.78, 5) is 15.2. The fourth-order valence-corrected chi connectivity index (χ4v) is 1.67. The summed E-state index contributed by atoms with van der Waals surface area (Å²) >= 11 is 3.09. The predicted octanol–water partition coefficient (Wildman–Crippen LogP) is 3.37. The molecule has 0 spiro atoms. The van der Waals surface area contributed by atoms with Gasteiger partial charge in [-0.3, -0.25) is 4.79 Å². The van der Waals surface area contributed by atoms with Crippen LogP contribution in [0.25, 0.3) is 0 Å². The highest BCUT2D eigenvalue weighted by molar-refractivity contribution is 9.10. The molecule has 1 aromatic heterocycles. The van der Waals surface area contributed by atoms with Crippen LogP contribution in [0.2, 0.25) is 0 Å².